The Kier molecular flexibility index (Phi) is 5.01. The average molecular weight is 312 g/mol. The fourth-order valence-corrected chi connectivity index (χ4v) is 1.81. The quantitative estimate of drug-likeness (QED) is 0.512. The molecular formula is C18H20N2O3. The second-order valence-corrected chi connectivity index (χ2v) is 6.01. The fourth-order valence-electron chi connectivity index (χ4n) is 1.81. The lowest BCUT2D eigenvalue weighted by molar-refractivity contribution is 0.00695. The molecule has 0 atom stereocenters. The lowest BCUT2D eigenvalue weighted by Gasteiger charge is -2.19. The van der Waals surface area contributed by atoms with Crippen LogP contribution in [0.3, 0.4) is 0 Å². The van der Waals surface area contributed by atoms with Crippen molar-refractivity contribution in [1.29, 1.82) is 0 Å². The zero-order valence-electron chi connectivity index (χ0n) is 13.4. The number of hydrogen-bond donors (Lipinski definition) is 2. The number of anilines is 1. The molecule has 0 aliphatic rings. The fraction of sp³-hybridized carbons (Fsp3) is 0.222. The number of aromatic hydroxyl groups is 1. The molecule has 0 amide bonds. The van der Waals surface area contributed by atoms with E-state index in [-0.39, 0.29) is 5.75 Å². The SMILES string of the molecule is CC(C)(C)OC(=O)c1ccc(O)c(C=NNc2ccccc2)c1. The van der Waals surface area contributed by atoms with Crippen molar-refractivity contribution >= 4 is 17.9 Å². The molecule has 2 N–H and O–H groups in total. The maximum Gasteiger partial charge on any atom is 0.338 e. The monoisotopic (exact) mass is 312 g/mol. The molecule has 2 rings (SSSR count). The molecule has 0 saturated carbocycles. The van der Waals surface area contributed by atoms with Gasteiger partial charge in [-0.1, -0.05) is 18.2 Å². The summed E-state index contributed by atoms with van der Waals surface area (Å²) in [6.45, 7) is 5.41. The highest BCUT2D eigenvalue weighted by atomic mass is 16.6. The zero-order valence-corrected chi connectivity index (χ0v) is 13.4. The maximum absolute atomic E-state index is 12.1. The van der Waals surface area contributed by atoms with E-state index >= 15 is 0 Å². The van der Waals surface area contributed by atoms with Crippen LogP contribution in [0.15, 0.2) is 53.6 Å². The van der Waals surface area contributed by atoms with Crippen LogP contribution in [-0.4, -0.2) is 22.9 Å². The normalized spacial score (nSPS) is 11.4. The standard InChI is InChI=1S/C18H20N2O3/c1-18(2,3)23-17(22)13-9-10-16(21)14(11-13)12-19-20-15-7-5-4-6-8-15/h4-12,20-21H,1-3H3. The Morgan fingerprint density at radius 3 is 2.52 bits per heavy atom. The third-order valence-electron chi connectivity index (χ3n) is 2.83. The molecule has 0 aliphatic carbocycles. The first kappa shape index (κ1) is 16.5. The summed E-state index contributed by atoms with van der Waals surface area (Å²) in [7, 11) is 0. The zero-order chi connectivity index (χ0) is 16.9. The van der Waals surface area contributed by atoms with E-state index in [1.165, 1.54) is 18.3 Å². The Balaban J connectivity index is 2.13. The van der Waals surface area contributed by atoms with Gasteiger partial charge in [0, 0.05) is 5.56 Å². The van der Waals surface area contributed by atoms with Crippen molar-refractivity contribution in [3.63, 3.8) is 0 Å². The van der Waals surface area contributed by atoms with Gasteiger partial charge in [-0.15, -0.1) is 0 Å². The van der Waals surface area contributed by atoms with E-state index in [1.807, 2.05) is 30.3 Å². The van der Waals surface area contributed by atoms with Crippen LogP contribution in [0.5, 0.6) is 5.75 Å². The number of hydrazone groups is 1. The predicted molar refractivity (Wildman–Crippen MR) is 90.9 cm³/mol. The molecular weight excluding hydrogens is 292 g/mol. The highest BCUT2D eigenvalue weighted by Gasteiger charge is 2.18. The molecule has 2 aromatic carbocycles. The number of carbonyl (C=O) groups is 1. The smallest absolute Gasteiger partial charge is 0.338 e. The molecule has 0 heterocycles. The van der Waals surface area contributed by atoms with Crippen LogP contribution in [0.25, 0.3) is 0 Å². The maximum atomic E-state index is 12.1. The van der Waals surface area contributed by atoms with Crippen molar-refractivity contribution in [3.05, 3.63) is 59.7 Å². The number of hydrogen-bond acceptors (Lipinski definition) is 5. The van der Waals surface area contributed by atoms with E-state index < -0.39 is 11.6 Å². The van der Waals surface area contributed by atoms with Crippen molar-refractivity contribution in [2.45, 2.75) is 26.4 Å². The van der Waals surface area contributed by atoms with Crippen LogP contribution >= 0.6 is 0 Å². The van der Waals surface area contributed by atoms with Gasteiger partial charge in [0.1, 0.15) is 11.4 Å². The van der Waals surface area contributed by atoms with Gasteiger partial charge in [0.05, 0.1) is 17.5 Å². The van der Waals surface area contributed by atoms with Crippen LogP contribution < -0.4 is 5.43 Å². The van der Waals surface area contributed by atoms with Gasteiger partial charge in [-0.2, -0.15) is 5.10 Å². The number of ether oxygens (including phenoxy) is 1. The number of phenols is 1. The average Bonchev–Trinajstić information content (AvgIpc) is 2.48. The topological polar surface area (TPSA) is 70.9 Å². The van der Waals surface area contributed by atoms with Gasteiger partial charge in [-0.05, 0) is 51.1 Å². The number of nitrogens with one attached hydrogen (secondary N) is 1. The van der Waals surface area contributed by atoms with Gasteiger partial charge in [0.2, 0.25) is 0 Å². The lowest BCUT2D eigenvalue weighted by Crippen LogP contribution is -2.23. The van der Waals surface area contributed by atoms with Crippen molar-refractivity contribution in [2.24, 2.45) is 5.10 Å². The second-order valence-electron chi connectivity index (χ2n) is 6.01. The van der Waals surface area contributed by atoms with Crippen LogP contribution in [0.4, 0.5) is 5.69 Å². The first-order chi connectivity index (χ1) is 10.8. The van der Waals surface area contributed by atoms with E-state index in [1.54, 1.807) is 26.8 Å². The Bertz CT molecular complexity index is 704. The number of nitrogens with zero attached hydrogens (tertiary/aromatic N) is 1. The van der Waals surface area contributed by atoms with E-state index in [0.717, 1.165) is 5.69 Å². The summed E-state index contributed by atoms with van der Waals surface area (Å²) in [4.78, 5) is 12.1. The third kappa shape index (κ3) is 5.14. The number of phenolic OH excluding ortho intramolecular Hbond substituents is 1. The molecule has 2 aromatic rings. The lowest BCUT2D eigenvalue weighted by atomic mass is 10.1. The summed E-state index contributed by atoms with van der Waals surface area (Å²) < 4.78 is 5.31. The molecule has 0 aromatic heterocycles. The molecule has 0 bridgehead atoms. The highest BCUT2D eigenvalue weighted by Crippen LogP contribution is 2.19. The van der Waals surface area contributed by atoms with Crippen LogP contribution in [0.2, 0.25) is 0 Å². The Hall–Kier alpha value is -2.82. The molecule has 0 spiro atoms. The number of benzene rings is 2. The minimum absolute atomic E-state index is 0.0379. The van der Waals surface area contributed by atoms with Gasteiger partial charge in [0.25, 0.3) is 0 Å². The molecule has 5 nitrogen and oxygen atoms in total. The van der Waals surface area contributed by atoms with E-state index in [9.17, 15) is 9.90 Å². The molecule has 5 heteroatoms. The van der Waals surface area contributed by atoms with Gasteiger partial charge < -0.3 is 9.84 Å². The summed E-state index contributed by atoms with van der Waals surface area (Å²) in [5, 5.41) is 13.9. The summed E-state index contributed by atoms with van der Waals surface area (Å²) in [5.41, 5.74) is 3.89. The summed E-state index contributed by atoms with van der Waals surface area (Å²) in [6.07, 6.45) is 1.45. The van der Waals surface area contributed by atoms with Crippen LogP contribution in [0, 0.1) is 0 Å². The van der Waals surface area contributed by atoms with Crippen molar-refractivity contribution < 1.29 is 14.6 Å². The molecule has 0 radical (unpaired) electrons. The minimum Gasteiger partial charge on any atom is -0.507 e. The number of rotatable bonds is 4. The second kappa shape index (κ2) is 6.96. The van der Waals surface area contributed by atoms with Crippen LogP contribution in [-0.2, 0) is 4.74 Å². The largest absolute Gasteiger partial charge is 0.507 e. The molecule has 0 unspecified atom stereocenters. The molecule has 120 valence electrons. The predicted octanol–water partition coefficient (Wildman–Crippen LogP) is 3.79. The van der Waals surface area contributed by atoms with Gasteiger partial charge in [-0.3, -0.25) is 5.43 Å². The molecule has 0 fully saturated rings. The Morgan fingerprint density at radius 2 is 1.87 bits per heavy atom. The molecule has 0 saturated heterocycles. The molecule has 23 heavy (non-hydrogen) atoms. The van der Waals surface area contributed by atoms with Gasteiger partial charge >= 0.3 is 5.97 Å². The minimum atomic E-state index is -0.571. The van der Waals surface area contributed by atoms with Crippen molar-refractivity contribution in [3.8, 4) is 5.75 Å². The number of para-hydroxylation sites is 1. The first-order valence-electron chi connectivity index (χ1n) is 7.26. The van der Waals surface area contributed by atoms with E-state index in [4.69, 9.17) is 4.74 Å². The van der Waals surface area contributed by atoms with Crippen molar-refractivity contribution in [1.82, 2.24) is 0 Å². The summed E-state index contributed by atoms with van der Waals surface area (Å²) in [6, 6.07) is 13.9. The van der Waals surface area contributed by atoms with E-state index in [2.05, 4.69) is 10.5 Å². The highest BCUT2D eigenvalue weighted by molar-refractivity contribution is 5.93. The number of esters is 1. The van der Waals surface area contributed by atoms with Crippen molar-refractivity contribution in [2.75, 3.05) is 5.43 Å². The van der Waals surface area contributed by atoms with Gasteiger partial charge in [0.15, 0.2) is 0 Å². The molecule has 0 aliphatic heterocycles. The van der Waals surface area contributed by atoms with E-state index in [0.29, 0.717) is 11.1 Å². The summed E-state index contributed by atoms with van der Waals surface area (Å²) >= 11 is 0. The Labute approximate surface area is 135 Å². The van der Waals surface area contributed by atoms with Gasteiger partial charge in [-0.25, -0.2) is 4.79 Å². The Morgan fingerprint density at radius 1 is 1.17 bits per heavy atom. The van der Waals surface area contributed by atoms with Crippen LogP contribution in [0.1, 0.15) is 36.7 Å². The number of carbonyl (C=O) groups excluding carboxylic acids is 1. The summed E-state index contributed by atoms with van der Waals surface area (Å²) in [5.74, 6) is -0.404. The third-order valence-corrected chi connectivity index (χ3v) is 2.83. The first-order valence-corrected chi connectivity index (χ1v) is 7.26.